The predicted octanol–water partition coefficient (Wildman–Crippen LogP) is 2.42. The lowest BCUT2D eigenvalue weighted by molar-refractivity contribution is 0.151. The molecular weight excluding hydrogens is 222 g/mol. The topological polar surface area (TPSA) is 15.3 Å². The van der Waals surface area contributed by atoms with Crippen molar-refractivity contribution < 1.29 is 8.78 Å². The summed E-state index contributed by atoms with van der Waals surface area (Å²) in [5.41, 5.74) is 1.20. The quantitative estimate of drug-likeness (QED) is 0.873. The van der Waals surface area contributed by atoms with Crippen LogP contribution in [0.3, 0.4) is 0 Å². The molecule has 1 atom stereocenters. The van der Waals surface area contributed by atoms with Gasteiger partial charge in [-0.15, -0.1) is 0 Å². The highest BCUT2D eigenvalue weighted by Crippen LogP contribution is 2.19. The largest absolute Gasteiger partial charge is 0.314 e. The van der Waals surface area contributed by atoms with Gasteiger partial charge < -0.3 is 5.32 Å². The molecule has 1 saturated heterocycles. The van der Waals surface area contributed by atoms with Crippen molar-refractivity contribution in [1.82, 2.24) is 10.2 Å². The number of rotatable bonds is 3. The van der Waals surface area contributed by atoms with Crippen LogP contribution in [0.15, 0.2) is 24.3 Å². The van der Waals surface area contributed by atoms with Crippen LogP contribution in [0.4, 0.5) is 8.78 Å². The maximum atomic E-state index is 12.4. The fourth-order valence-corrected chi connectivity index (χ4v) is 2.12. The van der Waals surface area contributed by atoms with Crippen LogP contribution < -0.4 is 5.32 Å². The lowest BCUT2D eigenvalue weighted by atomic mass is 10.1. The van der Waals surface area contributed by atoms with E-state index in [4.69, 9.17) is 0 Å². The molecule has 17 heavy (non-hydrogen) atoms. The molecule has 0 unspecified atom stereocenters. The van der Waals surface area contributed by atoms with E-state index in [9.17, 15) is 8.78 Å². The Hall–Kier alpha value is -1.00. The molecule has 2 nitrogen and oxygen atoms in total. The van der Waals surface area contributed by atoms with E-state index in [2.05, 4.69) is 17.1 Å². The molecule has 1 heterocycles. The Morgan fingerprint density at radius 3 is 2.65 bits per heavy atom. The fourth-order valence-electron chi connectivity index (χ4n) is 2.12. The standard InChI is InChI=1S/C13H18F2N2/c1-10-8-16-6-7-17(10)9-11-2-4-12(5-3-11)13(14)15/h2-5,10,13,16H,6-9H2,1H3/t10-/m0/s1. The van der Waals surface area contributed by atoms with Gasteiger partial charge in [-0.1, -0.05) is 24.3 Å². The second-order valence-corrected chi connectivity index (χ2v) is 4.57. The molecule has 0 saturated carbocycles. The van der Waals surface area contributed by atoms with E-state index < -0.39 is 6.43 Å². The zero-order chi connectivity index (χ0) is 12.3. The van der Waals surface area contributed by atoms with E-state index in [0.717, 1.165) is 31.7 Å². The first kappa shape index (κ1) is 12.5. The van der Waals surface area contributed by atoms with E-state index in [0.29, 0.717) is 6.04 Å². The molecule has 1 N–H and O–H groups in total. The summed E-state index contributed by atoms with van der Waals surface area (Å²) >= 11 is 0. The number of nitrogens with one attached hydrogen (secondary N) is 1. The highest BCUT2D eigenvalue weighted by atomic mass is 19.3. The smallest absolute Gasteiger partial charge is 0.263 e. The van der Waals surface area contributed by atoms with Crippen molar-refractivity contribution in [3.05, 3.63) is 35.4 Å². The van der Waals surface area contributed by atoms with Crippen LogP contribution in [-0.4, -0.2) is 30.6 Å². The number of benzene rings is 1. The molecule has 0 amide bonds. The Labute approximate surface area is 101 Å². The zero-order valence-electron chi connectivity index (χ0n) is 10.00. The second kappa shape index (κ2) is 5.56. The molecule has 0 aromatic heterocycles. The molecular formula is C13H18F2N2. The van der Waals surface area contributed by atoms with Crippen molar-refractivity contribution >= 4 is 0 Å². The van der Waals surface area contributed by atoms with Gasteiger partial charge in [0.1, 0.15) is 0 Å². The first-order chi connectivity index (χ1) is 8.16. The molecule has 0 radical (unpaired) electrons. The average molecular weight is 240 g/mol. The van der Waals surface area contributed by atoms with E-state index in [1.54, 1.807) is 12.1 Å². The van der Waals surface area contributed by atoms with Gasteiger partial charge in [0, 0.05) is 37.8 Å². The molecule has 1 aromatic rings. The highest BCUT2D eigenvalue weighted by Gasteiger charge is 2.17. The summed E-state index contributed by atoms with van der Waals surface area (Å²) < 4.78 is 24.8. The van der Waals surface area contributed by atoms with Crippen LogP contribution in [0.2, 0.25) is 0 Å². The molecule has 1 aliphatic heterocycles. The van der Waals surface area contributed by atoms with Gasteiger partial charge in [0.2, 0.25) is 0 Å². The minimum atomic E-state index is -2.37. The third-order valence-corrected chi connectivity index (χ3v) is 3.26. The van der Waals surface area contributed by atoms with Gasteiger partial charge >= 0.3 is 0 Å². The molecule has 1 fully saturated rings. The predicted molar refractivity (Wildman–Crippen MR) is 64.1 cm³/mol. The number of halogens is 2. The summed E-state index contributed by atoms with van der Waals surface area (Å²) in [4.78, 5) is 2.37. The van der Waals surface area contributed by atoms with E-state index >= 15 is 0 Å². The van der Waals surface area contributed by atoms with Crippen LogP contribution in [0.25, 0.3) is 0 Å². The van der Waals surface area contributed by atoms with Crippen LogP contribution in [-0.2, 0) is 6.54 Å². The van der Waals surface area contributed by atoms with Crippen LogP contribution in [0.1, 0.15) is 24.5 Å². The van der Waals surface area contributed by atoms with Gasteiger partial charge in [0.25, 0.3) is 6.43 Å². The van der Waals surface area contributed by atoms with E-state index in [1.165, 1.54) is 12.1 Å². The third-order valence-electron chi connectivity index (χ3n) is 3.26. The van der Waals surface area contributed by atoms with Crippen LogP contribution in [0.5, 0.6) is 0 Å². The average Bonchev–Trinajstić information content (AvgIpc) is 2.33. The van der Waals surface area contributed by atoms with Crippen molar-refractivity contribution in [3.63, 3.8) is 0 Å². The molecule has 2 rings (SSSR count). The fraction of sp³-hybridized carbons (Fsp3) is 0.538. The second-order valence-electron chi connectivity index (χ2n) is 4.57. The number of alkyl halides is 2. The first-order valence-electron chi connectivity index (χ1n) is 5.98. The molecule has 0 spiro atoms. The van der Waals surface area contributed by atoms with Crippen LogP contribution >= 0.6 is 0 Å². The molecule has 4 heteroatoms. The Kier molecular flexibility index (Phi) is 4.07. The van der Waals surface area contributed by atoms with Gasteiger partial charge in [-0.25, -0.2) is 8.78 Å². The summed E-state index contributed by atoms with van der Waals surface area (Å²) in [7, 11) is 0. The molecule has 1 aliphatic rings. The maximum Gasteiger partial charge on any atom is 0.263 e. The summed E-state index contributed by atoms with van der Waals surface area (Å²) in [5.74, 6) is 0. The van der Waals surface area contributed by atoms with Crippen molar-refractivity contribution in [3.8, 4) is 0 Å². The normalized spacial score (nSPS) is 22.0. The van der Waals surface area contributed by atoms with Crippen molar-refractivity contribution in [2.24, 2.45) is 0 Å². The van der Waals surface area contributed by atoms with Gasteiger partial charge in [-0.3, -0.25) is 4.90 Å². The minimum absolute atomic E-state index is 0.0992. The summed E-state index contributed by atoms with van der Waals surface area (Å²) in [5, 5.41) is 3.33. The molecule has 1 aromatic carbocycles. The highest BCUT2D eigenvalue weighted by molar-refractivity contribution is 5.23. The van der Waals surface area contributed by atoms with E-state index in [-0.39, 0.29) is 5.56 Å². The van der Waals surface area contributed by atoms with E-state index in [1.807, 2.05) is 0 Å². The van der Waals surface area contributed by atoms with Gasteiger partial charge in [-0.05, 0) is 12.5 Å². The Morgan fingerprint density at radius 2 is 2.06 bits per heavy atom. The lowest BCUT2D eigenvalue weighted by Gasteiger charge is -2.33. The molecule has 94 valence electrons. The number of hydrogen-bond donors (Lipinski definition) is 1. The monoisotopic (exact) mass is 240 g/mol. The Bertz CT molecular complexity index is 351. The Balaban J connectivity index is 1.98. The van der Waals surface area contributed by atoms with Crippen molar-refractivity contribution in [2.45, 2.75) is 25.9 Å². The van der Waals surface area contributed by atoms with Gasteiger partial charge in [0.15, 0.2) is 0 Å². The summed E-state index contributed by atoms with van der Waals surface area (Å²) in [6, 6.07) is 7.14. The number of hydrogen-bond acceptors (Lipinski definition) is 2. The van der Waals surface area contributed by atoms with Crippen LogP contribution in [0, 0.1) is 0 Å². The molecule has 0 aliphatic carbocycles. The van der Waals surface area contributed by atoms with Crippen molar-refractivity contribution in [1.29, 1.82) is 0 Å². The summed E-state index contributed by atoms with van der Waals surface area (Å²) in [6.07, 6.45) is -2.37. The first-order valence-corrected chi connectivity index (χ1v) is 5.98. The summed E-state index contributed by atoms with van der Waals surface area (Å²) in [6.45, 7) is 6.03. The zero-order valence-corrected chi connectivity index (χ0v) is 10.00. The number of nitrogens with zero attached hydrogens (tertiary/aromatic N) is 1. The Morgan fingerprint density at radius 1 is 1.35 bits per heavy atom. The van der Waals surface area contributed by atoms with Gasteiger partial charge in [-0.2, -0.15) is 0 Å². The third kappa shape index (κ3) is 3.23. The SMILES string of the molecule is C[C@H]1CNCCN1Cc1ccc(C(F)F)cc1. The van der Waals surface area contributed by atoms with Crippen molar-refractivity contribution in [2.75, 3.05) is 19.6 Å². The maximum absolute atomic E-state index is 12.4. The molecule has 0 bridgehead atoms. The van der Waals surface area contributed by atoms with Gasteiger partial charge in [0.05, 0.1) is 0 Å². The lowest BCUT2D eigenvalue weighted by Crippen LogP contribution is -2.49. The number of piperazine rings is 1. The minimum Gasteiger partial charge on any atom is -0.314 e.